The van der Waals surface area contributed by atoms with Crippen LogP contribution in [0.3, 0.4) is 0 Å². The molecule has 0 spiro atoms. The molecule has 0 aromatic heterocycles. The Balaban J connectivity index is 2.77. The molecule has 0 fully saturated rings. The van der Waals surface area contributed by atoms with E-state index in [-0.39, 0.29) is 12.5 Å². The molecule has 0 saturated carbocycles. The number of carbonyl (C=O) groups is 1. The van der Waals surface area contributed by atoms with E-state index in [0.29, 0.717) is 12.5 Å². The lowest BCUT2D eigenvalue weighted by atomic mass is 10.1. The molecule has 0 aliphatic rings. The zero-order chi connectivity index (χ0) is 15.3. The summed E-state index contributed by atoms with van der Waals surface area (Å²) in [5, 5.41) is 12.7. The third kappa shape index (κ3) is 5.13. The highest BCUT2D eigenvalue weighted by molar-refractivity contribution is 9.10. The molecule has 0 saturated heterocycles. The van der Waals surface area contributed by atoms with Crippen LogP contribution in [-0.4, -0.2) is 31.2 Å². The monoisotopic (exact) mass is 342 g/mol. The van der Waals surface area contributed by atoms with Gasteiger partial charge in [0.15, 0.2) is 0 Å². The van der Waals surface area contributed by atoms with E-state index in [4.69, 9.17) is 0 Å². The Kier molecular flexibility index (Phi) is 6.49. The van der Waals surface area contributed by atoms with Crippen molar-refractivity contribution in [1.82, 2.24) is 5.32 Å². The van der Waals surface area contributed by atoms with E-state index >= 15 is 0 Å². The van der Waals surface area contributed by atoms with Gasteiger partial charge in [-0.15, -0.1) is 0 Å². The van der Waals surface area contributed by atoms with Crippen LogP contribution < -0.4 is 10.2 Å². The molecular weight excluding hydrogens is 320 g/mol. The van der Waals surface area contributed by atoms with E-state index < -0.39 is 6.10 Å². The molecule has 1 aromatic rings. The number of likely N-dealkylation sites (N-methyl/N-ethyl adjacent to an activating group) is 1. The second-order valence-electron chi connectivity index (χ2n) is 5.43. The van der Waals surface area contributed by atoms with E-state index in [1.807, 2.05) is 30.1 Å². The smallest absolute Gasteiger partial charge is 0.239 e. The van der Waals surface area contributed by atoms with Gasteiger partial charge in [0.2, 0.25) is 5.91 Å². The first-order valence-corrected chi connectivity index (χ1v) is 7.56. The second-order valence-corrected chi connectivity index (χ2v) is 6.35. The molecule has 2 N–H and O–H groups in total. The van der Waals surface area contributed by atoms with Crippen LogP contribution in [0.25, 0.3) is 0 Å². The molecule has 0 radical (unpaired) electrons. The van der Waals surface area contributed by atoms with Gasteiger partial charge in [0, 0.05) is 29.3 Å². The van der Waals surface area contributed by atoms with Gasteiger partial charge in [0.05, 0.1) is 12.6 Å². The van der Waals surface area contributed by atoms with Crippen molar-refractivity contribution in [2.75, 3.05) is 25.0 Å². The first kappa shape index (κ1) is 17.0. The van der Waals surface area contributed by atoms with Gasteiger partial charge in [-0.2, -0.15) is 0 Å². The minimum atomic E-state index is -0.580. The molecule has 5 heteroatoms. The maximum absolute atomic E-state index is 11.9. The molecule has 0 aliphatic carbocycles. The van der Waals surface area contributed by atoms with Gasteiger partial charge in [-0.3, -0.25) is 4.79 Å². The zero-order valence-corrected chi connectivity index (χ0v) is 14.1. The molecule has 1 amide bonds. The van der Waals surface area contributed by atoms with Gasteiger partial charge < -0.3 is 15.3 Å². The summed E-state index contributed by atoms with van der Waals surface area (Å²) in [5.41, 5.74) is 1.67. The first-order chi connectivity index (χ1) is 9.31. The lowest BCUT2D eigenvalue weighted by Crippen LogP contribution is -2.37. The summed E-state index contributed by atoms with van der Waals surface area (Å²) in [4.78, 5) is 13.7. The summed E-state index contributed by atoms with van der Waals surface area (Å²) in [6, 6.07) is 5.69. The van der Waals surface area contributed by atoms with Gasteiger partial charge in [-0.05, 0) is 31.0 Å². The molecule has 0 bridgehead atoms. The summed E-state index contributed by atoms with van der Waals surface area (Å²) in [6.45, 7) is 6.79. The summed E-state index contributed by atoms with van der Waals surface area (Å²) >= 11 is 3.40. The maximum atomic E-state index is 11.9. The number of halogens is 1. The number of hydrogen-bond donors (Lipinski definition) is 2. The zero-order valence-electron chi connectivity index (χ0n) is 12.5. The van der Waals surface area contributed by atoms with Gasteiger partial charge in [-0.1, -0.05) is 29.8 Å². The van der Waals surface area contributed by atoms with Crippen molar-refractivity contribution in [2.45, 2.75) is 26.9 Å². The van der Waals surface area contributed by atoms with Crippen molar-refractivity contribution in [3.63, 3.8) is 0 Å². The number of amides is 1. The van der Waals surface area contributed by atoms with Crippen molar-refractivity contribution < 1.29 is 9.90 Å². The molecule has 0 heterocycles. The molecule has 0 aliphatic heterocycles. The quantitative estimate of drug-likeness (QED) is 0.835. The average molecular weight is 343 g/mol. The van der Waals surface area contributed by atoms with Crippen molar-refractivity contribution in [1.29, 1.82) is 0 Å². The van der Waals surface area contributed by atoms with Gasteiger partial charge in [-0.25, -0.2) is 0 Å². The maximum Gasteiger partial charge on any atom is 0.239 e. The fourth-order valence-corrected chi connectivity index (χ4v) is 2.26. The van der Waals surface area contributed by atoms with Crippen molar-refractivity contribution >= 4 is 27.5 Å². The number of rotatable bonds is 6. The molecule has 1 rings (SSSR count). The lowest BCUT2D eigenvalue weighted by molar-refractivity contribution is -0.119. The van der Waals surface area contributed by atoms with Crippen LogP contribution in [0.1, 0.15) is 32.4 Å². The lowest BCUT2D eigenvalue weighted by Gasteiger charge is -2.23. The van der Waals surface area contributed by atoms with Crippen LogP contribution in [0.5, 0.6) is 0 Å². The van der Waals surface area contributed by atoms with Crippen molar-refractivity contribution in [3.05, 3.63) is 28.2 Å². The van der Waals surface area contributed by atoms with E-state index in [2.05, 4.69) is 35.1 Å². The van der Waals surface area contributed by atoms with E-state index in [9.17, 15) is 9.90 Å². The largest absolute Gasteiger partial charge is 0.389 e. The van der Waals surface area contributed by atoms with E-state index in [1.165, 1.54) is 0 Å². The highest BCUT2D eigenvalue weighted by Crippen LogP contribution is 2.28. The second kappa shape index (κ2) is 7.64. The number of nitrogens with one attached hydrogen (secondary N) is 1. The normalized spacial score (nSPS) is 12.3. The summed E-state index contributed by atoms with van der Waals surface area (Å²) in [7, 11) is 1.85. The number of aliphatic hydroxyl groups excluding tert-OH is 1. The summed E-state index contributed by atoms with van der Waals surface area (Å²) in [6.07, 6.45) is -0.580. The number of nitrogens with zero attached hydrogens (tertiary/aromatic N) is 1. The first-order valence-electron chi connectivity index (χ1n) is 6.76. The Labute approximate surface area is 129 Å². The summed E-state index contributed by atoms with van der Waals surface area (Å²) < 4.78 is 0.912. The highest BCUT2D eigenvalue weighted by Gasteiger charge is 2.14. The van der Waals surface area contributed by atoms with Crippen LogP contribution in [-0.2, 0) is 4.79 Å². The summed E-state index contributed by atoms with van der Waals surface area (Å²) in [5.74, 6) is 0.422. The molecule has 20 heavy (non-hydrogen) atoms. The topological polar surface area (TPSA) is 52.6 Å². The third-order valence-electron chi connectivity index (χ3n) is 2.94. The number of hydrogen-bond acceptors (Lipinski definition) is 3. The number of aliphatic hydroxyl groups is 1. The minimum absolute atomic E-state index is 0.0133. The molecule has 112 valence electrons. The third-order valence-corrected chi connectivity index (χ3v) is 3.43. The molecule has 1 atom stereocenters. The predicted molar refractivity (Wildman–Crippen MR) is 85.9 cm³/mol. The Hall–Kier alpha value is -1.07. The fraction of sp³-hybridized carbons (Fsp3) is 0.533. The van der Waals surface area contributed by atoms with Gasteiger partial charge in [0.1, 0.15) is 0 Å². The SMILES string of the molecule is CC(C)CNC(=O)CN(C)c1ccc(Br)cc1C(C)O. The Morgan fingerprint density at radius 3 is 2.60 bits per heavy atom. The van der Waals surface area contributed by atoms with Gasteiger partial charge >= 0.3 is 0 Å². The van der Waals surface area contributed by atoms with Crippen molar-refractivity contribution in [2.24, 2.45) is 5.92 Å². The van der Waals surface area contributed by atoms with Gasteiger partial charge in [0.25, 0.3) is 0 Å². The Bertz CT molecular complexity index is 461. The Morgan fingerprint density at radius 1 is 1.40 bits per heavy atom. The average Bonchev–Trinajstić information content (AvgIpc) is 2.35. The number of benzene rings is 1. The van der Waals surface area contributed by atoms with Crippen LogP contribution >= 0.6 is 15.9 Å². The van der Waals surface area contributed by atoms with Crippen LogP contribution in [0, 0.1) is 5.92 Å². The van der Waals surface area contributed by atoms with E-state index in [1.54, 1.807) is 6.92 Å². The molecular formula is C15H23BrN2O2. The van der Waals surface area contributed by atoms with Crippen LogP contribution in [0.4, 0.5) is 5.69 Å². The van der Waals surface area contributed by atoms with Crippen LogP contribution in [0.2, 0.25) is 0 Å². The van der Waals surface area contributed by atoms with Crippen molar-refractivity contribution in [3.8, 4) is 0 Å². The highest BCUT2D eigenvalue weighted by atomic mass is 79.9. The number of carbonyl (C=O) groups excluding carboxylic acids is 1. The molecule has 1 unspecified atom stereocenters. The fourth-order valence-electron chi connectivity index (χ4n) is 1.88. The number of anilines is 1. The Morgan fingerprint density at radius 2 is 2.05 bits per heavy atom. The molecule has 4 nitrogen and oxygen atoms in total. The van der Waals surface area contributed by atoms with E-state index in [0.717, 1.165) is 15.7 Å². The van der Waals surface area contributed by atoms with Crippen LogP contribution in [0.15, 0.2) is 22.7 Å². The molecule has 1 aromatic carbocycles. The minimum Gasteiger partial charge on any atom is -0.389 e. The standard InChI is InChI=1S/C15H23BrN2O2/c1-10(2)8-17-15(20)9-18(4)14-6-5-12(16)7-13(14)11(3)19/h5-7,10-11,19H,8-9H2,1-4H3,(H,17,20). The predicted octanol–water partition coefficient (Wildman–Crippen LogP) is 2.71.